The van der Waals surface area contributed by atoms with Gasteiger partial charge in [-0.3, -0.25) is 14.4 Å². The smallest absolute Gasteiger partial charge is 0.276 e. The maximum absolute atomic E-state index is 13.3. The van der Waals surface area contributed by atoms with E-state index in [1.165, 1.54) is 0 Å². The summed E-state index contributed by atoms with van der Waals surface area (Å²) in [5.74, 6) is 0.0143. The zero-order valence-corrected chi connectivity index (χ0v) is 20.9. The van der Waals surface area contributed by atoms with Crippen LogP contribution in [0.15, 0.2) is 75.9 Å². The highest BCUT2D eigenvalue weighted by atomic mass is 16.7. The van der Waals surface area contributed by atoms with E-state index < -0.39 is 18.6 Å². The fraction of sp³-hybridized carbons (Fsp3) is 0.241. The molecule has 0 bridgehead atoms. The first-order valence-electron chi connectivity index (χ1n) is 12.0. The Bertz CT molecular complexity index is 1460. The number of nitrogens with one attached hydrogen (secondary N) is 2. The molecular formula is C29H30N2O6. The van der Waals surface area contributed by atoms with E-state index in [-0.39, 0.29) is 18.1 Å². The largest absolute Gasteiger partial charge is 0.455 e. The number of hydrogen-bond donors (Lipinski definition) is 4. The van der Waals surface area contributed by atoms with Crippen molar-refractivity contribution in [2.45, 2.75) is 32.9 Å². The molecule has 8 heteroatoms. The highest BCUT2D eigenvalue weighted by Crippen LogP contribution is 2.32. The normalized spacial score (nSPS) is 12.8. The minimum Gasteiger partial charge on any atom is -0.455 e. The Morgan fingerprint density at radius 3 is 2.49 bits per heavy atom. The van der Waals surface area contributed by atoms with Crippen LogP contribution in [0.25, 0.3) is 22.3 Å². The lowest BCUT2D eigenvalue weighted by Gasteiger charge is -2.20. The summed E-state index contributed by atoms with van der Waals surface area (Å²) in [5.41, 5.74) is 6.62. The predicted octanol–water partition coefficient (Wildman–Crippen LogP) is 4.26. The molecule has 37 heavy (non-hydrogen) atoms. The standard InChI is InChI=1S/C29H30N2O6/c1-17-13-23(28-24(14-17)26(34)18(2)27(37-28)20-9-5-4-6-10-20)19(3)30-25-12-8-7-11-22(25)29(35)31-36-16-21(33)15-32/h4-14,19,21,30,32-33H,15-16H2,1-3H3,(H,31,35)/t19?,21-/m1/s1. The Kier molecular flexibility index (Phi) is 8.03. The molecule has 4 aromatic rings. The zero-order valence-electron chi connectivity index (χ0n) is 20.9. The molecule has 3 aromatic carbocycles. The second-order valence-electron chi connectivity index (χ2n) is 8.97. The molecule has 1 heterocycles. The average molecular weight is 503 g/mol. The average Bonchev–Trinajstić information content (AvgIpc) is 2.91. The molecule has 0 aliphatic heterocycles. The van der Waals surface area contributed by atoms with Crippen LogP contribution < -0.4 is 16.2 Å². The topological polar surface area (TPSA) is 121 Å². The van der Waals surface area contributed by atoms with Gasteiger partial charge in [0.25, 0.3) is 5.91 Å². The van der Waals surface area contributed by atoms with Crippen molar-refractivity contribution < 1.29 is 24.3 Å². The van der Waals surface area contributed by atoms with Gasteiger partial charge in [-0.2, -0.15) is 0 Å². The molecule has 0 fully saturated rings. The number of aliphatic hydroxyl groups excluding tert-OH is 2. The molecule has 0 saturated carbocycles. The van der Waals surface area contributed by atoms with Gasteiger partial charge in [-0.1, -0.05) is 48.5 Å². The van der Waals surface area contributed by atoms with Crippen molar-refractivity contribution in [3.8, 4) is 11.3 Å². The van der Waals surface area contributed by atoms with Gasteiger partial charge in [0.2, 0.25) is 0 Å². The summed E-state index contributed by atoms with van der Waals surface area (Å²) in [6.45, 7) is 4.91. The number of aliphatic hydroxyl groups is 2. The number of amides is 1. The molecule has 8 nitrogen and oxygen atoms in total. The third kappa shape index (κ3) is 5.72. The van der Waals surface area contributed by atoms with Crippen molar-refractivity contribution >= 4 is 22.6 Å². The van der Waals surface area contributed by atoms with Gasteiger partial charge >= 0.3 is 0 Å². The summed E-state index contributed by atoms with van der Waals surface area (Å²) in [6, 6.07) is 19.9. The lowest BCUT2D eigenvalue weighted by Crippen LogP contribution is -2.30. The molecular weight excluding hydrogens is 472 g/mol. The molecule has 0 radical (unpaired) electrons. The Hall–Kier alpha value is -3.98. The van der Waals surface area contributed by atoms with Gasteiger partial charge in [-0.05, 0) is 44.5 Å². The van der Waals surface area contributed by atoms with E-state index in [2.05, 4.69) is 10.8 Å². The van der Waals surface area contributed by atoms with Crippen molar-refractivity contribution in [3.05, 3.63) is 99.2 Å². The number of para-hydroxylation sites is 1. The van der Waals surface area contributed by atoms with E-state index in [0.29, 0.717) is 33.5 Å². The molecule has 4 rings (SSSR count). The van der Waals surface area contributed by atoms with Gasteiger partial charge in [-0.25, -0.2) is 5.48 Å². The van der Waals surface area contributed by atoms with E-state index in [1.54, 1.807) is 31.2 Å². The highest BCUT2D eigenvalue weighted by Gasteiger charge is 2.20. The molecule has 192 valence electrons. The third-order valence-corrected chi connectivity index (χ3v) is 6.09. The SMILES string of the molecule is Cc1cc(C(C)Nc2ccccc2C(=O)NOC[C@H](O)CO)c2oc(-c3ccccc3)c(C)c(=O)c2c1. The number of hydroxylamine groups is 1. The van der Waals surface area contributed by atoms with Crippen molar-refractivity contribution in [2.24, 2.45) is 0 Å². The van der Waals surface area contributed by atoms with Crippen LogP contribution in [0.1, 0.15) is 40.0 Å². The number of hydrogen-bond acceptors (Lipinski definition) is 7. The predicted molar refractivity (Wildman–Crippen MR) is 142 cm³/mol. The van der Waals surface area contributed by atoms with Gasteiger partial charge in [0.15, 0.2) is 5.43 Å². The summed E-state index contributed by atoms with van der Waals surface area (Å²) in [7, 11) is 0. The van der Waals surface area contributed by atoms with Gasteiger partial charge < -0.3 is 19.9 Å². The number of carbonyl (C=O) groups is 1. The molecule has 0 saturated heterocycles. The third-order valence-electron chi connectivity index (χ3n) is 6.09. The Morgan fingerprint density at radius 2 is 1.76 bits per heavy atom. The second-order valence-corrected chi connectivity index (χ2v) is 8.97. The first kappa shape index (κ1) is 26.1. The molecule has 2 atom stereocenters. The van der Waals surface area contributed by atoms with Crippen LogP contribution in [0.5, 0.6) is 0 Å². The fourth-order valence-electron chi connectivity index (χ4n) is 4.18. The van der Waals surface area contributed by atoms with E-state index in [0.717, 1.165) is 16.7 Å². The van der Waals surface area contributed by atoms with Crippen LogP contribution >= 0.6 is 0 Å². The Balaban J connectivity index is 1.70. The lowest BCUT2D eigenvalue weighted by molar-refractivity contribution is -0.0295. The molecule has 1 unspecified atom stereocenters. The van der Waals surface area contributed by atoms with Crippen LogP contribution in [-0.2, 0) is 4.84 Å². The van der Waals surface area contributed by atoms with E-state index in [4.69, 9.17) is 14.4 Å². The number of rotatable bonds is 9. The Labute approximate surface area is 214 Å². The maximum atomic E-state index is 13.3. The van der Waals surface area contributed by atoms with Gasteiger partial charge in [0.05, 0.1) is 23.6 Å². The minimum atomic E-state index is -1.10. The first-order chi connectivity index (χ1) is 17.8. The number of anilines is 1. The maximum Gasteiger partial charge on any atom is 0.276 e. The quantitative estimate of drug-likeness (QED) is 0.252. The van der Waals surface area contributed by atoms with Crippen molar-refractivity contribution in [1.29, 1.82) is 0 Å². The molecule has 1 amide bonds. The zero-order chi connectivity index (χ0) is 26.5. The Morgan fingerprint density at radius 1 is 1.05 bits per heavy atom. The minimum absolute atomic E-state index is 0.0840. The van der Waals surface area contributed by atoms with Crippen molar-refractivity contribution in [2.75, 3.05) is 18.5 Å². The van der Waals surface area contributed by atoms with Crippen LogP contribution in [0.2, 0.25) is 0 Å². The summed E-state index contributed by atoms with van der Waals surface area (Å²) in [5, 5.41) is 22.2. The fourth-order valence-corrected chi connectivity index (χ4v) is 4.18. The van der Waals surface area contributed by atoms with Crippen LogP contribution in [0.3, 0.4) is 0 Å². The summed E-state index contributed by atoms with van der Waals surface area (Å²) < 4.78 is 6.38. The molecule has 0 spiro atoms. The van der Waals surface area contributed by atoms with E-state index in [1.807, 2.05) is 56.3 Å². The number of fused-ring (bicyclic) bond motifs is 1. The number of aryl methyl sites for hydroxylation is 1. The van der Waals surface area contributed by atoms with Gasteiger partial charge in [0, 0.05) is 22.4 Å². The number of benzene rings is 3. The van der Waals surface area contributed by atoms with Crippen LogP contribution in [0, 0.1) is 13.8 Å². The lowest BCUT2D eigenvalue weighted by atomic mass is 9.98. The van der Waals surface area contributed by atoms with E-state index in [9.17, 15) is 14.7 Å². The highest BCUT2D eigenvalue weighted by molar-refractivity contribution is 5.99. The first-order valence-corrected chi connectivity index (χ1v) is 12.0. The van der Waals surface area contributed by atoms with Gasteiger partial charge in [0.1, 0.15) is 24.1 Å². The monoisotopic (exact) mass is 502 g/mol. The van der Waals surface area contributed by atoms with Gasteiger partial charge in [-0.15, -0.1) is 0 Å². The summed E-state index contributed by atoms with van der Waals surface area (Å²) in [6.07, 6.45) is -1.10. The molecule has 0 aliphatic carbocycles. The summed E-state index contributed by atoms with van der Waals surface area (Å²) >= 11 is 0. The van der Waals surface area contributed by atoms with Crippen molar-refractivity contribution in [1.82, 2.24) is 5.48 Å². The van der Waals surface area contributed by atoms with Crippen molar-refractivity contribution in [3.63, 3.8) is 0 Å². The summed E-state index contributed by atoms with van der Waals surface area (Å²) in [4.78, 5) is 31.1. The molecule has 1 aromatic heterocycles. The van der Waals surface area contributed by atoms with Crippen LogP contribution in [0.4, 0.5) is 5.69 Å². The second kappa shape index (κ2) is 11.4. The molecule has 4 N–H and O–H groups in total. The molecule has 0 aliphatic rings. The number of carbonyl (C=O) groups excluding carboxylic acids is 1. The van der Waals surface area contributed by atoms with E-state index >= 15 is 0 Å². The van der Waals surface area contributed by atoms with Crippen LogP contribution in [-0.4, -0.2) is 35.4 Å².